The number of carbonyl (C=O) groups is 3. The second-order valence-electron chi connectivity index (χ2n) is 8.75. The third kappa shape index (κ3) is 3.71. The lowest BCUT2D eigenvalue weighted by Crippen LogP contribution is -2.46. The first-order valence-corrected chi connectivity index (χ1v) is 11.1. The van der Waals surface area contributed by atoms with Crippen LogP contribution in [-0.2, 0) is 17.8 Å². The predicted molar refractivity (Wildman–Crippen MR) is 119 cm³/mol. The van der Waals surface area contributed by atoms with Crippen molar-refractivity contribution in [2.24, 2.45) is 0 Å². The van der Waals surface area contributed by atoms with E-state index >= 15 is 0 Å². The van der Waals surface area contributed by atoms with E-state index in [0.717, 1.165) is 12.1 Å². The highest BCUT2D eigenvalue weighted by molar-refractivity contribution is 6.44. The molecule has 3 aliphatic rings. The zero-order valence-corrected chi connectivity index (χ0v) is 18.4. The summed E-state index contributed by atoms with van der Waals surface area (Å²) in [5.74, 6) is -1.93. The predicted octanol–water partition coefficient (Wildman–Crippen LogP) is 2.22. The van der Waals surface area contributed by atoms with Crippen LogP contribution in [0.5, 0.6) is 0 Å². The Hall–Kier alpha value is -3.73. The molecule has 5 N–H and O–H groups in total. The standard InChI is InChI=1S/C23H24F2N6O3/c1-12-17(19(32)22(34)28-23(7-8-23)16-11-26-30-29-16)15-6-3-9-31(15)18(12)21(33)27-14-5-2-4-13(10-14)20(24)25/h2,4-5,10-11,20,26,29-30H,3,6-9H2,1H3,(H,27,33)(H,28,34). The molecular weight excluding hydrogens is 446 g/mol. The van der Waals surface area contributed by atoms with E-state index in [1.165, 1.54) is 24.3 Å². The number of nitrogens with zero attached hydrogens (tertiary/aromatic N) is 1. The molecule has 3 heterocycles. The number of carbonyl (C=O) groups excluding carboxylic acids is 3. The van der Waals surface area contributed by atoms with E-state index in [1.807, 2.05) is 0 Å². The number of rotatable bonds is 7. The van der Waals surface area contributed by atoms with E-state index in [9.17, 15) is 23.2 Å². The Kier molecular flexibility index (Phi) is 5.35. The van der Waals surface area contributed by atoms with Gasteiger partial charge in [-0.05, 0) is 50.3 Å². The van der Waals surface area contributed by atoms with Gasteiger partial charge in [0.15, 0.2) is 0 Å². The van der Waals surface area contributed by atoms with E-state index in [1.54, 1.807) is 17.7 Å². The lowest BCUT2D eigenvalue weighted by atomic mass is 10.0. The zero-order valence-electron chi connectivity index (χ0n) is 18.4. The molecule has 1 saturated carbocycles. The fourth-order valence-corrected chi connectivity index (χ4v) is 4.74. The number of halogens is 2. The average Bonchev–Trinajstić information content (AvgIpc) is 3.16. The highest BCUT2D eigenvalue weighted by Gasteiger charge is 2.50. The lowest BCUT2D eigenvalue weighted by molar-refractivity contribution is -0.117. The van der Waals surface area contributed by atoms with Crippen LogP contribution in [0.2, 0.25) is 0 Å². The molecule has 0 bridgehead atoms. The van der Waals surface area contributed by atoms with Crippen LogP contribution in [0.25, 0.3) is 0 Å². The summed E-state index contributed by atoms with van der Waals surface area (Å²) in [6.45, 7) is 2.17. The maximum atomic E-state index is 13.2. The SMILES string of the molecule is Cc1c(C(=O)C(=O)NC2(C3=CNNN3)CC2)c2n(c1C(=O)Nc1cccc(C(F)F)c1)CCC2. The van der Waals surface area contributed by atoms with Gasteiger partial charge in [0.05, 0.1) is 16.8 Å². The Bertz CT molecular complexity index is 1230. The van der Waals surface area contributed by atoms with Gasteiger partial charge in [-0.1, -0.05) is 12.1 Å². The topological polar surface area (TPSA) is 116 Å². The molecule has 5 rings (SSSR count). The molecule has 0 radical (unpaired) electrons. The average molecular weight is 470 g/mol. The quantitative estimate of drug-likeness (QED) is 0.313. The number of fused-ring (bicyclic) bond motifs is 1. The lowest BCUT2D eigenvalue weighted by Gasteiger charge is -2.18. The van der Waals surface area contributed by atoms with Gasteiger partial charge in [0.1, 0.15) is 5.69 Å². The van der Waals surface area contributed by atoms with Crippen molar-refractivity contribution in [1.29, 1.82) is 0 Å². The molecule has 1 aliphatic carbocycles. The van der Waals surface area contributed by atoms with Gasteiger partial charge in [0.2, 0.25) is 0 Å². The normalized spacial score (nSPS) is 17.5. The number of hydrogen-bond donors (Lipinski definition) is 5. The Balaban J connectivity index is 1.40. The van der Waals surface area contributed by atoms with Gasteiger partial charge in [-0.25, -0.2) is 8.78 Å². The van der Waals surface area contributed by atoms with Gasteiger partial charge in [0.25, 0.3) is 24.0 Å². The van der Waals surface area contributed by atoms with Gasteiger partial charge in [-0.15, -0.1) is 0 Å². The molecule has 2 aliphatic heterocycles. The first kappa shape index (κ1) is 22.1. The monoisotopic (exact) mass is 470 g/mol. The molecule has 0 saturated heterocycles. The van der Waals surface area contributed by atoms with Crippen molar-refractivity contribution in [2.75, 3.05) is 5.32 Å². The van der Waals surface area contributed by atoms with E-state index in [0.29, 0.717) is 37.1 Å². The molecular formula is C23H24F2N6O3. The smallest absolute Gasteiger partial charge is 0.293 e. The molecule has 0 unspecified atom stereocenters. The van der Waals surface area contributed by atoms with Crippen LogP contribution >= 0.6 is 0 Å². The second-order valence-corrected chi connectivity index (χ2v) is 8.75. The van der Waals surface area contributed by atoms with Crippen LogP contribution in [0.15, 0.2) is 36.2 Å². The molecule has 0 spiro atoms. The van der Waals surface area contributed by atoms with Crippen LogP contribution in [0.4, 0.5) is 14.5 Å². The zero-order chi connectivity index (χ0) is 24.0. The summed E-state index contributed by atoms with van der Waals surface area (Å²) in [5.41, 5.74) is 10.2. The second kappa shape index (κ2) is 8.24. The number of benzene rings is 1. The number of ketones is 1. The maximum absolute atomic E-state index is 13.2. The third-order valence-corrected chi connectivity index (χ3v) is 6.56. The first-order chi connectivity index (χ1) is 16.3. The van der Waals surface area contributed by atoms with Crippen molar-refractivity contribution < 1.29 is 23.2 Å². The molecule has 178 valence electrons. The van der Waals surface area contributed by atoms with Crippen LogP contribution in [0, 0.1) is 6.92 Å². The largest absolute Gasteiger partial charge is 0.340 e. The van der Waals surface area contributed by atoms with Gasteiger partial charge < -0.3 is 26.1 Å². The summed E-state index contributed by atoms with van der Waals surface area (Å²) in [7, 11) is 0. The van der Waals surface area contributed by atoms with E-state index in [-0.39, 0.29) is 22.5 Å². The molecule has 0 atom stereocenters. The molecule has 34 heavy (non-hydrogen) atoms. The molecule has 9 nitrogen and oxygen atoms in total. The molecule has 2 amide bonds. The number of Topliss-reactive ketones (excluding diaryl/α,β-unsaturated/α-hetero) is 1. The molecule has 2 aromatic rings. The van der Waals surface area contributed by atoms with Gasteiger partial charge in [-0.3, -0.25) is 14.4 Å². The molecule has 1 aromatic heterocycles. The van der Waals surface area contributed by atoms with Crippen molar-refractivity contribution in [2.45, 2.75) is 51.1 Å². The summed E-state index contributed by atoms with van der Waals surface area (Å²) >= 11 is 0. The van der Waals surface area contributed by atoms with Crippen LogP contribution < -0.4 is 27.0 Å². The minimum atomic E-state index is -2.66. The number of anilines is 1. The maximum Gasteiger partial charge on any atom is 0.293 e. The number of hydrazine groups is 2. The van der Waals surface area contributed by atoms with Gasteiger partial charge in [-0.2, -0.15) is 5.53 Å². The summed E-state index contributed by atoms with van der Waals surface area (Å²) in [6.07, 6.45) is 1.74. The first-order valence-electron chi connectivity index (χ1n) is 11.1. The highest BCUT2D eigenvalue weighted by atomic mass is 19.3. The summed E-state index contributed by atoms with van der Waals surface area (Å²) < 4.78 is 27.8. The molecule has 11 heteroatoms. The van der Waals surface area contributed by atoms with Gasteiger partial charge >= 0.3 is 0 Å². The molecule has 1 aromatic carbocycles. The fraction of sp³-hybridized carbons (Fsp3) is 0.348. The van der Waals surface area contributed by atoms with Crippen molar-refractivity contribution in [3.8, 4) is 0 Å². The van der Waals surface area contributed by atoms with E-state index in [2.05, 4.69) is 27.0 Å². The van der Waals surface area contributed by atoms with Crippen LogP contribution in [0.3, 0.4) is 0 Å². The summed E-state index contributed by atoms with van der Waals surface area (Å²) in [5, 5.41) is 5.50. The van der Waals surface area contributed by atoms with Crippen molar-refractivity contribution >= 4 is 23.3 Å². The highest BCUT2D eigenvalue weighted by Crippen LogP contribution is 2.41. The van der Waals surface area contributed by atoms with Crippen molar-refractivity contribution in [3.05, 3.63) is 64.2 Å². The van der Waals surface area contributed by atoms with Crippen LogP contribution in [-0.4, -0.2) is 27.7 Å². The Morgan fingerprint density at radius 2 is 2.00 bits per heavy atom. The number of nitrogens with one attached hydrogen (secondary N) is 5. The number of alkyl halides is 2. The summed E-state index contributed by atoms with van der Waals surface area (Å²) in [4.78, 5) is 39.3. The van der Waals surface area contributed by atoms with Crippen LogP contribution in [0.1, 0.15) is 63.4 Å². The number of aromatic nitrogens is 1. The van der Waals surface area contributed by atoms with E-state index in [4.69, 9.17) is 0 Å². The minimum absolute atomic E-state index is 0.200. The fourth-order valence-electron chi connectivity index (χ4n) is 4.74. The van der Waals surface area contributed by atoms with Crippen molar-refractivity contribution in [1.82, 2.24) is 26.3 Å². The summed E-state index contributed by atoms with van der Waals surface area (Å²) in [6, 6.07) is 5.47. The van der Waals surface area contributed by atoms with Crippen molar-refractivity contribution in [3.63, 3.8) is 0 Å². The number of hydrogen-bond acceptors (Lipinski definition) is 6. The Morgan fingerprint density at radius 3 is 2.68 bits per heavy atom. The number of amides is 2. The van der Waals surface area contributed by atoms with E-state index < -0.39 is 29.6 Å². The molecule has 1 fully saturated rings. The third-order valence-electron chi connectivity index (χ3n) is 6.56. The Labute approximate surface area is 193 Å². The minimum Gasteiger partial charge on any atom is -0.340 e. The van der Waals surface area contributed by atoms with Gasteiger partial charge in [0, 0.05) is 29.7 Å². The Morgan fingerprint density at radius 1 is 1.21 bits per heavy atom.